The molecule has 1 aliphatic heterocycles. The van der Waals surface area contributed by atoms with Gasteiger partial charge in [-0.1, -0.05) is 12.1 Å². The highest BCUT2D eigenvalue weighted by atomic mass is 16.3. The molecule has 5 heteroatoms. The summed E-state index contributed by atoms with van der Waals surface area (Å²) in [7, 11) is 0. The molecule has 1 heterocycles. The van der Waals surface area contributed by atoms with Gasteiger partial charge in [0.25, 0.3) is 0 Å². The Balaban J connectivity index is 2.05. The van der Waals surface area contributed by atoms with E-state index in [1.165, 1.54) is 0 Å². The number of amides is 2. The van der Waals surface area contributed by atoms with Gasteiger partial charge in [0, 0.05) is 12.6 Å². The highest BCUT2D eigenvalue weighted by molar-refractivity contribution is 5.81. The molecule has 2 atom stereocenters. The predicted molar refractivity (Wildman–Crippen MR) is 74.9 cm³/mol. The summed E-state index contributed by atoms with van der Waals surface area (Å²) in [5.41, 5.74) is 6.10. The first kappa shape index (κ1) is 14.4. The number of phenols is 1. The summed E-state index contributed by atoms with van der Waals surface area (Å²) < 4.78 is 0. The lowest BCUT2D eigenvalue weighted by Crippen LogP contribution is -2.49. The molecular weight excluding hydrogens is 256 g/mol. The van der Waals surface area contributed by atoms with E-state index in [2.05, 4.69) is 0 Å². The van der Waals surface area contributed by atoms with Crippen molar-refractivity contribution in [1.82, 2.24) is 4.90 Å². The summed E-state index contributed by atoms with van der Waals surface area (Å²) >= 11 is 0. The van der Waals surface area contributed by atoms with Crippen LogP contribution in [0.15, 0.2) is 24.3 Å². The molecule has 1 fully saturated rings. The van der Waals surface area contributed by atoms with Crippen molar-refractivity contribution in [2.45, 2.75) is 32.2 Å². The van der Waals surface area contributed by atoms with Crippen molar-refractivity contribution in [3.05, 3.63) is 29.8 Å². The zero-order valence-electron chi connectivity index (χ0n) is 11.6. The smallest absolute Gasteiger partial charge is 0.227 e. The number of carbonyl (C=O) groups is 2. The molecule has 0 saturated carbocycles. The summed E-state index contributed by atoms with van der Waals surface area (Å²) in [6.45, 7) is 2.38. The quantitative estimate of drug-likeness (QED) is 0.865. The average molecular weight is 276 g/mol. The number of nitrogens with two attached hydrogens (primary N) is 1. The number of carbonyl (C=O) groups excluding carboxylic acids is 2. The summed E-state index contributed by atoms with van der Waals surface area (Å²) in [4.78, 5) is 25.4. The van der Waals surface area contributed by atoms with Crippen molar-refractivity contribution in [3.63, 3.8) is 0 Å². The number of phenolic OH excluding ortho intramolecular Hbond substituents is 1. The maximum Gasteiger partial charge on any atom is 0.227 e. The molecule has 0 aromatic heterocycles. The lowest BCUT2D eigenvalue weighted by atomic mass is 9.92. The lowest BCUT2D eigenvalue weighted by Gasteiger charge is -2.37. The first-order chi connectivity index (χ1) is 9.47. The summed E-state index contributed by atoms with van der Waals surface area (Å²) in [5, 5.41) is 9.42. The van der Waals surface area contributed by atoms with Crippen LogP contribution < -0.4 is 5.73 Å². The van der Waals surface area contributed by atoms with E-state index in [4.69, 9.17) is 5.73 Å². The third kappa shape index (κ3) is 3.29. The molecule has 2 rings (SSSR count). The molecule has 0 bridgehead atoms. The number of likely N-dealkylation sites (tertiary alicyclic amines) is 1. The van der Waals surface area contributed by atoms with E-state index in [9.17, 15) is 14.7 Å². The molecular formula is C15H20N2O3. The predicted octanol–water partition coefficient (Wildman–Crippen LogP) is 1.05. The molecule has 1 aliphatic rings. The Morgan fingerprint density at radius 1 is 1.40 bits per heavy atom. The Hall–Kier alpha value is -2.04. The zero-order valence-corrected chi connectivity index (χ0v) is 11.6. The molecule has 108 valence electrons. The van der Waals surface area contributed by atoms with Gasteiger partial charge in [-0.3, -0.25) is 9.59 Å². The van der Waals surface area contributed by atoms with Crippen LogP contribution in [-0.4, -0.2) is 34.4 Å². The molecule has 2 amide bonds. The molecule has 1 aromatic rings. The number of nitrogens with zero attached hydrogens (tertiary/aromatic N) is 1. The van der Waals surface area contributed by atoms with Crippen LogP contribution in [-0.2, 0) is 16.0 Å². The van der Waals surface area contributed by atoms with E-state index in [-0.39, 0.29) is 35.9 Å². The number of rotatable bonds is 3. The Bertz CT molecular complexity index is 516. The van der Waals surface area contributed by atoms with E-state index >= 15 is 0 Å². The minimum atomic E-state index is -0.341. The van der Waals surface area contributed by atoms with Gasteiger partial charge in [0.15, 0.2) is 0 Å². The summed E-state index contributed by atoms with van der Waals surface area (Å²) in [6, 6.07) is 6.79. The maximum atomic E-state index is 12.3. The second kappa shape index (κ2) is 5.94. The molecule has 1 saturated heterocycles. The molecule has 20 heavy (non-hydrogen) atoms. The van der Waals surface area contributed by atoms with Crippen molar-refractivity contribution in [1.29, 1.82) is 0 Å². The van der Waals surface area contributed by atoms with Crippen LogP contribution in [0.2, 0.25) is 0 Å². The molecule has 1 aromatic carbocycles. The number of aromatic hydroxyl groups is 1. The molecule has 0 spiro atoms. The van der Waals surface area contributed by atoms with Gasteiger partial charge >= 0.3 is 0 Å². The van der Waals surface area contributed by atoms with Crippen LogP contribution in [0.25, 0.3) is 0 Å². The van der Waals surface area contributed by atoms with Gasteiger partial charge in [0.05, 0.1) is 12.3 Å². The standard InChI is InChI=1S/C15H20N2O3/c1-10-5-6-12(15(16)20)9-17(10)14(19)8-11-3-2-4-13(18)7-11/h2-4,7,10,12,18H,5-6,8-9H2,1H3,(H2,16,20)/t10-,12+/m1/s1. The number of hydrogen-bond donors (Lipinski definition) is 2. The van der Waals surface area contributed by atoms with Crippen LogP contribution >= 0.6 is 0 Å². The fourth-order valence-electron chi connectivity index (χ4n) is 2.63. The number of benzene rings is 1. The van der Waals surface area contributed by atoms with Gasteiger partial charge in [-0.25, -0.2) is 0 Å². The fraction of sp³-hybridized carbons (Fsp3) is 0.467. The molecule has 0 aliphatic carbocycles. The normalized spacial score (nSPS) is 22.6. The number of primary amides is 1. The Morgan fingerprint density at radius 3 is 2.80 bits per heavy atom. The van der Waals surface area contributed by atoms with Crippen LogP contribution in [0.3, 0.4) is 0 Å². The fourth-order valence-corrected chi connectivity index (χ4v) is 2.63. The van der Waals surface area contributed by atoms with Gasteiger partial charge in [0.1, 0.15) is 5.75 Å². The Kier molecular flexibility index (Phi) is 4.27. The van der Waals surface area contributed by atoms with Gasteiger partial charge in [-0.2, -0.15) is 0 Å². The topological polar surface area (TPSA) is 83.6 Å². The highest BCUT2D eigenvalue weighted by Crippen LogP contribution is 2.23. The van der Waals surface area contributed by atoms with Crippen LogP contribution in [0.1, 0.15) is 25.3 Å². The Morgan fingerprint density at radius 2 is 2.15 bits per heavy atom. The van der Waals surface area contributed by atoms with Crippen LogP contribution in [0, 0.1) is 5.92 Å². The molecule has 0 radical (unpaired) electrons. The molecule has 0 unspecified atom stereocenters. The minimum absolute atomic E-state index is 0.0333. The monoisotopic (exact) mass is 276 g/mol. The third-order valence-corrected chi connectivity index (χ3v) is 3.87. The van der Waals surface area contributed by atoms with E-state index in [1.54, 1.807) is 29.2 Å². The largest absolute Gasteiger partial charge is 0.508 e. The lowest BCUT2D eigenvalue weighted by molar-refractivity contribution is -0.136. The summed E-state index contributed by atoms with van der Waals surface area (Å²) in [6.07, 6.45) is 1.76. The number of piperidine rings is 1. The van der Waals surface area contributed by atoms with Gasteiger partial charge < -0.3 is 15.7 Å². The van der Waals surface area contributed by atoms with Crippen molar-refractivity contribution < 1.29 is 14.7 Å². The second-order valence-corrected chi connectivity index (χ2v) is 5.42. The Labute approximate surface area is 118 Å². The van der Waals surface area contributed by atoms with E-state index in [0.717, 1.165) is 18.4 Å². The first-order valence-electron chi connectivity index (χ1n) is 6.84. The van der Waals surface area contributed by atoms with Gasteiger partial charge in [-0.05, 0) is 37.5 Å². The van der Waals surface area contributed by atoms with Crippen molar-refractivity contribution in [2.24, 2.45) is 11.7 Å². The minimum Gasteiger partial charge on any atom is -0.508 e. The van der Waals surface area contributed by atoms with Crippen molar-refractivity contribution in [3.8, 4) is 5.75 Å². The first-order valence-corrected chi connectivity index (χ1v) is 6.84. The van der Waals surface area contributed by atoms with Crippen molar-refractivity contribution >= 4 is 11.8 Å². The highest BCUT2D eigenvalue weighted by Gasteiger charge is 2.31. The second-order valence-electron chi connectivity index (χ2n) is 5.42. The van der Waals surface area contributed by atoms with Crippen molar-refractivity contribution in [2.75, 3.05) is 6.54 Å². The molecule has 5 nitrogen and oxygen atoms in total. The average Bonchev–Trinajstić information content (AvgIpc) is 2.38. The van der Waals surface area contributed by atoms with Crippen LogP contribution in [0.5, 0.6) is 5.75 Å². The summed E-state index contributed by atoms with van der Waals surface area (Å²) in [5.74, 6) is -0.475. The van der Waals surface area contributed by atoms with Gasteiger partial charge in [0.2, 0.25) is 11.8 Å². The zero-order chi connectivity index (χ0) is 14.7. The van der Waals surface area contributed by atoms with Crippen LogP contribution in [0.4, 0.5) is 0 Å². The SMILES string of the molecule is C[C@@H]1CC[C@H](C(N)=O)CN1C(=O)Cc1cccc(O)c1. The van der Waals surface area contributed by atoms with E-state index in [1.807, 2.05) is 6.92 Å². The maximum absolute atomic E-state index is 12.3. The van der Waals surface area contributed by atoms with Gasteiger partial charge in [-0.15, -0.1) is 0 Å². The third-order valence-electron chi connectivity index (χ3n) is 3.87. The number of hydrogen-bond acceptors (Lipinski definition) is 3. The van der Waals surface area contributed by atoms with E-state index in [0.29, 0.717) is 6.54 Å². The molecule has 3 N–H and O–H groups in total. The van der Waals surface area contributed by atoms with E-state index < -0.39 is 0 Å².